The first-order valence-electron chi connectivity index (χ1n) is 21.9. The van der Waals surface area contributed by atoms with E-state index < -0.39 is 10.8 Å². The van der Waals surface area contributed by atoms with Crippen LogP contribution in [0.3, 0.4) is 0 Å². The van der Waals surface area contributed by atoms with Gasteiger partial charge in [-0.25, -0.2) is 0 Å². The van der Waals surface area contributed by atoms with Gasteiger partial charge in [-0.3, -0.25) is 0 Å². The molecule has 0 bridgehead atoms. The molecule has 296 valence electrons. The molecule has 63 heavy (non-hydrogen) atoms. The van der Waals surface area contributed by atoms with E-state index in [2.05, 4.69) is 266 Å². The molecule has 1 nitrogen and oxygen atoms in total. The van der Waals surface area contributed by atoms with E-state index >= 15 is 0 Å². The Balaban J connectivity index is 1.05. The number of fused-ring (bicyclic) bond motifs is 5. The number of anilines is 3. The molecule has 2 atom stereocenters. The molecule has 0 radical (unpaired) electrons. The second kappa shape index (κ2) is 14.9. The third-order valence-electron chi connectivity index (χ3n) is 13.6. The Labute approximate surface area is 369 Å². The standard InChI is InChI=1S/C62H43N/c1-5-20-44(21-6-1)52-28-13-14-29-53(52)45-36-40-50(41-37-45)63(49-26-11-4-12-27-49)51-42-38-48(39-43-51)61(46-22-7-2-8-23-46)57-33-17-18-34-58(57)62(47-24-9-3-10-25-47)56-32-16-15-30-54(56)55-31-19-35-59(61)60(55)62/h1-43H. The summed E-state index contributed by atoms with van der Waals surface area (Å²) < 4.78 is 0. The van der Waals surface area contributed by atoms with Crippen molar-refractivity contribution in [3.63, 3.8) is 0 Å². The fourth-order valence-corrected chi connectivity index (χ4v) is 11.1. The van der Waals surface area contributed by atoms with E-state index in [1.54, 1.807) is 0 Å². The van der Waals surface area contributed by atoms with Crippen LogP contribution < -0.4 is 4.90 Å². The maximum Gasteiger partial charge on any atom is 0.0720 e. The SMILES string of the molecule is c1ccc(-c2ccccc2-c2ccc(N(c3ccccc3)c3ccc(C4(c5ccccc5)c5ccccc5C5(c6ccccc6)c6ccccc6-c6cccc4c65)cc3)cc2)cc1. The van der Waals surface area contributed by atoms with Gasteiger partial charge in [-0.15, -0.1) is 0 Å². The van der Waals surface area contributed by atoms with Gasteiger partial charge in [0.1, 0.15) is 0 Å². The van der Waals surface area contributed by atoms with Crippen LogP contribution >= 0.6 is 0 Å². The number of para-hydroxylation sites is 1. The minimum Gasteiger partial charge on any atom is -0.311 e. The fourth-order valence-electron chi connectivity index (χ4n) is 11.1. The van der Waals surface area contributed by atoms with Crippen molar-refractivity contribution < 1.29 is 0 Å². The molecule has 0 heterocycles. The molecule has 0 amide bonds. The molecule has 10 aromatic rings. The summed E-state index contributed by atoms with van der Waals surface area (Å²) in [6.07, 6.45) is 0. The molecule has 0 saturated carbocycles. The zero-order valence-corrected chi connectivity index (χ0v) is 34.8. The van der Waals surface area contributed by atoms with Crippen molar-refractivity contribution in [2.45, 2.75) is 10.8 Å². The molecule has 12 rings (SSSR count). The van der Waals surface area contributed by atoms with Crippen LogP contribution in [0.4, 0.5) is 17.1 Å². The van der Waals surface area contributed by atoms with E-state index in [0.29, 0.717) is 0 Å². The summed E-state index contributed by atoms with van der Waals surface area (Å²) in [5.74, 6) is 0. The molecule has 0 fully saturated rings. The minimum atomic E-state index is -0.604. The van der Waals surface area contributed by atoms with Crippen LogP contribution in [0.25, 0.3) is 33.4 Å². The average Bonchev–Trinajstić information content (AvgIpc) is 3.68. The van der Waals surface area contributed by atoms with Crippen molar-refractivity contribution in [1.29, 1.82) is 0 Å². The highest BCUT2D eigenvalue weighted by molar-refractivity contribution is 5.92. The van der Waals surface area contributed by atoms with Gasteiger partial charge in [0, 0.05) is 17.1 Å². The molecule has 10 aromatic carbocycles. The first-order valence-corrected chi connectivity index (χ1v) is 21.9. The predicted molar refractivity (Wildman–Crippen MR) is 261 cm³/mol. The highest BCUT2D eigenvalue weighted by Crippen LogP contribution is 2.65. The fraction of sp³-hybridized carbons (Fsp3) is 0.0323. The lowest BCUT2D eigenvalue weighted by molar-refractivity contribution is 0.626. The second-order valence-electron chi connectivity index (χ2n) is 16.7. The molecule has 2 aliphatic rings. The summed E-state index contributed by atoms with van der Waals surface area (Å²) in [5.41, 5.74) is 20.1. The summed E-state index contributed by atoms with van der Waals surface area (Å²) in [6, 6.07) is 96.3. The van der Waals surface area contributed by atoms with Gasteiger partial charge in [0.05, 0.1) is 10.8 Å². The normalized spacial score (nSPS) is 16.7. The van der Waals surface area contributed by atoms with E-state index in [4.69, 9.17) is 0 Å². The van der Waals surface area contributed by atoms with Crippen LogP contribution in [0, 0.1) is 0 Å². The van der Waals surface area contributed by atoms with Crippen molar-refractivity contribution >= 4 is 17.1 Å². The maximum atomic E-state index is 2.41. The van der Waals surface area contributed by atoms with Gasteiger partial charge in [0.15, 0.2) is 0 Å². The first-order chi connectivity index (χ1) is 31.3. The molecule has 1 heteroatoms. The third-order valence-corrected chi connectivity index (χ3v) is 13.6. The Morgan fingerprint density at radius 3 is 1.21 bits per heavy atom. The second-order valence-corrected chi connectivity index (χ2v) is 16.7. The van der Waals surface area contributed by atoms with E-state index in [9.17, 15) is 0 Å². The Morgan fingerprint density at radius 1 is 0.222 bits per heavy atom. The maximum absolute atomic E-state index is 2.41. The number of rotatable bonds is 8. The lowest BCUT2D eigenvalue weighted by Gasteiger charge is -2.49. The molecular weight excluding hydrogens is 759 g/mol. The van der Waals surface area contributed by atoms with Crippen LogP contribution in [0.1, 0.15) is 44.5 Å². The van der Waals surface area contributed by atoms with Gasteiger partial charge in [-0.1, -0.05) is 224 Å². The Kier molecular flexibility index (Phi) is 8.69. The Morgan fingerprint density at radius 2 is 0.603 bits per heavy atom. The van der Waals surface area contributed by atoms with Gasteiger partial charge < -0.3 is 4.90 Å². The van der Waals surface area contributed by atoms with Crippen molar-refractivity contribution in [2.75, 3.05) is 4.90 Å². The summed E-state index contributed by atoms with van der Waals surface area (Å²) >= 11 is 0. The molecule has 2 aliphatic carbocycles. The zero-order chi connectivity index (χ0) is 41.8. The Bertz CT molecular complexity index is 3250. The molecular formula is C62H43N. The zero-order valence-electron chi connectivity index (χ0n) is 34.8. The topological polar surface area (TPSA) is 3.24 Å². The highest BCUT2D eigenvalue weighted by Gasteiger charge is 2.57. The van der Waals surface area contributed by atoms with Crippen LogP contribution in [0.15, 0.2) is 261 Å². The molecule has 0 aromatic heterocycles. The van der Waals surface area contributed by atoms with E-state index in [0.717, 1.165) is 17.1 Å². The Hall–Kier alpha value is -8.00. The molecule has 0 saturated heterocycles. The quantitative estimate of drug-likeness (QED) is 0.148. The molecule has 0 aliphatic heterocycles. The lowest BCUT2D eigenvalue weighted by Crippen LogP contribution is -2.44. The van der Waals surface area contributed by atoms with E-state index in [-0.39, 0.29) is 0 Å². The van der Waals surface area contributed by atoms with Crippen molar-refractivity contribution in [1.82, 2.24) is 0 Å². The summed E-state index contributed by atoms with van der Waals surface area (Å²) in [6.45, 7) is 0. The number of hydrogen-bond donors (Lipinski definition) is 0. The van der Waals surface area contributed by atoms with Crippen LogP contribution in [-0.4, -0.2) is 0 Å². The monoisotopic (exact) mass is 801 g/mol. The smallest absolute Gasteiger partial charge is 0.0720 e. The van der Waals surface area contributed by atoms with E-state index in [1.165, 1.54) is 77.9 Å². The number of nitrogens with zero attached hydrogens (tertiary/aromatic N) is 1. The van der Waals surface area contributed by atoms with E-state index in [1.807, 2.05) is 0 Å². The van der Waals surface area contributed by atoms with Gasteiger partial charge in [-0.05, 0) is 114 Å². The number of hydrogen-bond acceptors (Lipinski definition) is 1. The molecule has 0 N–H and O–H groups in total. The minimum absolute atomic E-state index is 0.476. The summed E-state index contributed by atoms with van der Waals surface area (Å²) in [5, 5.41) is 0. The van der Waals surface area contributed by atoms with Crippen LogP contribution in [-0.2, 0) is 10.8 Å². The predicted octanol–water partition coefficient (Wildman–Crippen LogP) is 15.5. The summed E-state index contributed by atoms with van der Waals surface area (Å²) in [4.78, 5) is 2.37. The number of benzene rings is 10. The van der Waals surface area contributed by atoms with Crippen molar-refractivity contribution in [2.24, 2.45) is 0 Å². The van der Waals surface area contributed by atoms with Gasteiger partial charge in [0.25, 0.3) is 0 Å². The van der Waals surface area contributed by atoms with Gasteiger partial charge >= 0.3 is 0 Å². The largest absolute Gasteiger partial charge is 0.311 e. The van der Waals surface area contributed by atoms with Gasteiger partial charge in [0.2, 0.25) is 0 Å². The third kappa shape index (κ3) is 5.50. The average molecular weight is 802 g/mol. The van der Waals surface area contributed by atoms with Gasteiger partial charge in [-0.2, -0.15) is 0 Å². The first kappa shape index (κ1) is 36.8. The lowest BCUT2D eigenvalue weighted by atomic mass is 9.52. The van der Waals surface area contributed by atoms with Crippen LogP contribution in [0.2, 0.25) is 0 Å². The summed E-state index contributed by atoms with van der Waals surface area (Å²) in [7, 11) is 0. The van der Waals surface area contributed by atoms with Crippen LogP contribution in [0.5, 0.6) is 0 Å². The highest BCUT2D eigenvalue weighted by atomic mass is 15.1. The molecule has 2 unspecified atom stereocenters. The van der Waals surface area contributed by atoms with Crippen molar-refractivity contribution in [3.05, 3.63) is 305 Å². The van der Waals surface area contributed by atoms with Crippen molar-refractivity contribution in [3.8, 4) is 33.4 Å². The molecule has 0 spiro atoms.